The molecule has 1 nitrogen and oxygen atoms in total. The molecule has 1 rings (SSSR count). The highest BCUT2D eigenvalue weighted by Crippen LogP contribution is 2.38. The Kier molecular flexibility index (Phi) is 3.96. The molecule has 0 aromatic carbocycles. The fourth-order valence-corrected chi connectivity index (χ4v) is 2.39. The van der Waals surface area contributed by atoms with E-state index in [2.05, 4.69) is 39.9 Å². The summed E-state index contributed by atoms with van der Waals surface area (Å²) in [7, 11) is -0.830. The van der Waals surface area contributed by atoms with Crippen molar-refractivity contribution >= 4 is 9.04 Å². The average Bonchev–Trinajstić information content (AvgIpc) is 2.47. The Bertz CT molecular complexity index is 213. The van der Waals surface area contributed by atoms with E-state index in [1.165, 1.54) is 18.4 Å². The molecule has 0 saturated carbocycles. The molecule has 1 atom stereocenters. The zero-order chi connectivity index (χ0) is 10.8. The van der Waals surface area contributed by atoms with E-state index in [0.717, 1.165) is 12.5 Å². The number of hydrogen-bond acceptors (Lipinski definition) is 1. The minimum absolute atomic E-state index is 0.452. The third-order valence-corrected chi connectivity index (χ3v) is 3.86. The van der Waals surface area contributed by atoms with Crippen LogP contribution in [0.2, 0.25) is 13.1 Å². The largest absolute Gasteiger partial charge is 0.417 e. The van der Waals surface area contributed by atoms with E-state index in [4.69, 9.17) is 4.43 Å². The van der Waals surface area contributed by atoms with E-state index < -0.39 is 9.04 Å². The Hall–Kier alpha value is -0.0831. The smallest absolute Gasteiger partial charge is 0.171 e. The van der Waals surface area contributed by atoms with Gasteiger partial charge in [0.05, 0.1) is 6.61 Å². The van der Waals surface area contributed by atoms with Crippen molar-refractivity contribution in [1.29, 1.82) is 0 Å². The van der Waals surface area contributed by atoms with Crippen LogP contribution in [-0.4, -0.2) is 15.6 Å². The molecule has 0 saturated heterocycles. The molecule has 0 bridgehead atoms. The topological polar surface area (TPSA) is 9.23 Å². The quantitative estimate of drug-likeness (QED) is 0.515. The molecule has 0 amide bonds. The predicted octanol–water partition coefficient (Wildman–Crippen LogP) is 3.37. The summed E-state index contributed by atoms with van der Waals surface area (Å²) in [4.78, 5) is 0. The lowest BCUT2D eigenvalue weighted by atomic mass is 9.79. The Morgan fingerprint density at radius 3 is 2.50 bits per heavy atom. The van der Waals surface area contributed by atoms with Gasteiger partial charge in [0.1, 0.15) is 0 Å². The summed E-state index contributed by atoms with van der Waals surface area (Å²) in [6, 6.07) is 0. The molecule has 82 valence electrons. The maximum absolute atomic E-state index is 5.76. The highest BCUT2D eigenvalue weighted by Gasteiger charge is 2.28. The molecule has 1 aliphatic rings. The molecule has 2 heteroatoms. The van der Waals surface area contributed by atoms with Crippen LogP contribution in [0, 0.1) is 11.3 Å². The molecule has 0 spiro atoms. The molecule has 0 fully saturated rings. The van der Waals surface area contributed by atoms with Gasteiger partial charge in [0.2, 0.25) is 0 Å². The van der Waals surface area contributed by atoms with Crippen LogP contribution in [0.4, 0.5) is 0 Å². The lowest BCUT2D eigenvalue weighted by molar-refractivity contribution is 0.246. The van der Waals surface area contributed by atoms with Gasteiger partial charge in [-0.15, -0.1) is 0 Å². The van der Waals surface area contributed by atoms with Gasteiger partial charge in [-0.3, -0.25) is 0 Å². The van der Waals surface area contributed by atoms with Crippen LogP contribution in [0.3, 0.4) is 0 Å². The van der Waals surface area contributed by atoms with E-state index in [-0.39, 0.29) is 0 Å². The van der Waals surface area contributed by atoms with Crippen LogP contribution in [0.5, 0.6) is 0 Å². The van der Waals surface area contributed by atoms with E-state index in [0.29, 0.717) is 5.41 Å². The first-order valence-electron chi connectivity index (χ1n) is 5.69. The van der Waals surface area contributed by atoms with Crippen LogP contribution in [0.1, 0.15) is 33.6 Å². The van der Waals surface area contributed by atoms with Gasteiger partial charge in [-0.25, -0.2) is 0 Å². The first-order valence-corrected chi connectivity index (χ1v) is 8.47. The van der Waals surface area contributed by atoms with Crippen molar-refractivity contribution in [1.82, 2.24) is 0 Å². The van der Waals surface area contributed by atoms with Crippen molar-refractivity contribution in [3.8, 4) is 0 Å². The number of hydrogen-bond donors (Lipinski definition) is 0. The van der Waals surface area contributed by atoms with Gasteiger partial charge in [0, 0.05) is 0 Å². The monoisotopic (exact) mass is 212 g/mol. The summed E-state index contributed by atoms with van der Waals surface area (Å²) >= 11 is 0. The van der Waals surface area contributed by atoms with Crippen molar-refractivity contribution in [2.24, 2.45) is 11.3 Å². The molecule has 0 aromatic rings. The molecule has 0 aliphatic heterocycles. The van der Waals surface area contributed by atoms with Crippen LogP contribution < -0.4 is 0 Å². The SMILES string of the molecule is C[SiH](C)OCC1=CCC(C(C)(C)C)C1. The van der Waals surface area contributed by atoms with E-state index in [1.54, 1.807) is 0 Å². The second-order valence-corrected chi connectivity index (χ2v) is 8.16. The third-order valence-electron chi connectivity index (χ3n) is 3.03. The maximum atomic E-state index is 5.76. The zero-order valence-electron chi connectivity index (χ0n) is 10.3. The maximum Gasteiger partial charge on any atom is 0.171 e. The van der Waals surface area contributed by atoms with Gasteiger partial charge in [-0.1, -0.05) is 26.8 Å². The molecule has 0 aromatic heterocycles. The van der Waals surface area contributed by atoms with Crippen LogP contribution >= 0.6 is 0 Å². The third kappa shape index (κ3) is 3.58. The summed E-state index contributed by atoms with van der Waals surface area (Å²) in [5.41, 5.74) is 1.99. The highest BCUT2D eigenvalue weighted by atomic mass is 28.3. The van der Waals surface area contributed by atoms with Crippen LogP contribution in [0.15, 0.2) is 11.6 Å². The molecule has 1 aliphatic carbocycles. The minimum Gasteiger partial charge on any atom is -0.417 e. The van der Waals surface area contributed by atoms with E-state index >= 15 is 0 Å². The fourth-order valence-electron chi connectivity index (χ4n) is 1.84. The van der Waals surface area contributed by atoms with Gasteiger partial charge in [0.15, 0.2) is 9.04 Å². The molecule has 0 N–H and O–H groups in total. The first kappa shape index (κ1) is 12.0. The number of rotatable bonds is 3. The predicted molar refractivity (Wildman–Crippen MR) is 65.1 cm³/mol. The van der Waals surface area contributed by atoms with Gasteiger partial charge < -0.3 is 4.43 Å². The molecule has 1 unspecified atom stereocenters. The summed E-state index contributed by atoms with van der Waals surface area (Å²) in [6.07, 6.45) is 4.90. The van der Waals surface area contributed by atoms with Gasteiger partial charge in [0.25, 0.3) is 0 Å². The Morgan fingerprint density at radius 2 is 2.07 bits per heavy atom. The van der Waals surface area contributed by atoms with Crippen LogP contribution in [-0.2, 0) is 4.43 Å². The Labute approximate surface area is 90.3 Å². The van der Waals surface area contributed by atoms with E-state index in [1.807, 2.05) is 0 Å². The molecular weight excluding hydrogens is 188 g/mol. The van der Waals surface area contributed by atoms with Crippen molar-refractivity contribution in [3.05, 3.63) is 11.6 Å². The highest BCUT2D eigenvalue weighted by molar-refractivity contribution is 6.48. The van der Waals surface area contributed by atoms with Crippen molar-refractivity contribution < 1.29 is 4.43 Å². The number of allylic oxidation sites excluding steroid dienone is 1. The van der Waals surface area contributed by atoms with Gasteiger partial charge in [-0.2, -0.15) is 0 Å². The normalized spacial score (nSPS) is 23.0. The summed E-state index contributed by atoms with van der Waals surface area (Å²) in [5, 5.41) is 0. The van der Waals surface area contributed by atoms with Gasteiger partial charge in [-0.05, 0) is 42.8 Å². The van der Waals surface area contributed by atoms with Crippen molar-refractivity contribution in [3.63, 3.8) is 0 Å². The summed E-state index contributed by atoms with van der Waals surface area (Å²) in [6.45, 7) is 12.4. The second kappa shape index (κ2) is 4.62. The van der Waals surface area contributed by atoms with Crippen LogP contribution in [0.25, 0.3) is 0 Å². The summed E-state index contributed by atoms with van der Waals surface area (Å²) < 4.78 is 5.76. The van der Waals surface area contributed by atoms with Crippen molar-refractivity contribution in [2.75, 3.05) is 6.61 Å². The lowest BCUT2D eigenvalue weighted by Gasteiger charge is -2.27. The standard InChI is InChI=1S/C12H24OSi/c1-12(2,3)11-7-6-10(8-11)9-13-14(4)5/h6,11,14H,7-9H2,1-5H3. The Morgan fingerprint density at radius 1 is 1.43 bits per heavy atom. The molecular formula is C12H24OSi. The zero-order valence-corrected chi connectivity index (χ0v) is 11.4. The summed E-state index contributed by atoms with van der Waals surface area (Å²) in [5.74, 6) is 0.829. The average molecular weight is 212 g/mol. The molecule has 0 heterocycles. The molecule has 0 radical (unpaired) electrons. The van der Waals surface area contributed by atoms with Crippen molar-refractivity contribution in [2.45, 2.75) is 46.7 Å². The first-order chi connectivity index (χ1) is 6.39. The lowest BCUT2D eigenvalue weighted by Crippen LogP contribution is -2.18. The fraction of sp³-hybridized carbons (Fsp3) is 0.833. The Balaban J connectivity index is 2.33. The minimum atomic E-state index is -0.830. The second-order valence-electron chi connectivity index (χ2n) is 5.72. The van der Waals surface area contributed by atoms with E-state index in [9.17, 15) is 0 Å². The van der Waals surface area contributed by atoms with Gasteiger partial charge >= 0.3 is 0 Å². The molecule has 14 heavy (non-hydrogen) atoms.